The second-order valence-electron chi connectivity index (χ2n) is 5.41. The van der Waals surface area contributed by atoms with E-state index in [-0.39, 0.29) is 15.7 Å². The molecule has 0 spiro atoms. The van der Waals surface area contributed by atoms with E-state index in [2.05, 4.69) is 0 Å². The smallest absolute Gasteiger partial charge is 0.421 e. The monoisotopic (exact) mass is 317 g/mol. The van der Waals surface area contributed by atoms with Crippen molar-refractivity contribution in [3.05, 3.63) is 27.7 Å². The topological polar surface area (TPSA) is 46.6 Å². The average molecular weight is 318 g/mol. The minimum atomic E-state index is -0.808. The van der Waals surface area contributed by atoms with E-state index in [0.29, 0.717) is 0 Å². The van der Waals surface area contributed by atoms with Gasteiger partial charge < -0.3 is 4.74 Å². The van der Waals surface area contributed by atoms with Gasteiger partial charge in [-0.25, -0.2) is 9.69 Å². The van der Waals surface area contributed by atoms with Gasteiger partial charge >= 0.3 is 6.09 Å². The van der Waals surface area contributed by atoms with Crippen molar-refractivity contribution in [2.45, 2.75) is 40.2 Å². The lowest BCUT2D eigenvalue weighted by atomic mass is 10.2. The van der Waals surface area contributed by atoms with Crippen LogP contribution >= 0.6 is 23.2 Å². The summed E-state index contributed by atoms with van der Waals surface area (Å²) in [5.41, 5.74) is 0.242. The highest BCUT2D eigenvalue weighted by molar-refractivity contribution is 6.41. The van der Waals surface area contributed by atoms with Crippen LogP contribution in [0.5, 0.6) is 0 Å². The summed E-state index contributed by atoms with van der Waals surface area (Å²) in [6, 6.07) is 3.26. The highest BCUT2D eigenvalue weighted by Crippen LogP contribution is 2.35. The quantitative estimate of drug-likeness (QED) is 0.761. The zero-order valence-electron chi connectivity index (χ0n) is 12.1. The third-order valence-corrected chi connectivity index (χ3v) is 2.85. The van der Waals surface area contributed by atoms with Crippen LogP contribution in [-0.2, 0) is 9.53 Å². The molecule has 110 valence electrons. The van der Waals surface area contributed by atoms with Crippen molar-refractivity contribution in [2.24, 2.45) is 0 Å². The number of aryl methyl sites for hydroxylation is 1. The first-order chi connectivity index (χ1) is 9.03. The van der Waals surface area contributed by atoms with Crippen LogP contribution in [0.2, 0.25) is 10.0 Å². The van der Waals surface area contributed by atoms with E-state index in [1.165, 1.54) is 6.92 Å². The second kappa shape index (κ2) is 6.02. The fourth-order valence-corrected chi connectivity index (χ4v) is 2.36. The lowest BCUT2D eigenvalue weighted by molar-refractivity contribution is -0.116. The molecule has 0 saturated carbocycles. The van der Waals surface area contributed by atoms with E-state index in [1.807, 2.05) is 6.92 Å². The lowest BCUT2D eigenvalue weighted by Crippen LogP contribution is -2.40. The molecule has 6 heteroatoms. The van der Waals surface area contributed by atoms with Gasteiger partial charge in [-0.2, -0.15) is 0 Å². The molecule has 20 heavy (non-hydrogen) atoms. The zero-order chi connectivity index (χ0) is 15.7. The molecule has 0 unspecified atom stereocenters. The molecule has 0 aliphatic rings. The highest BCUT2D eigenvalue weighted by Gasteiger charge is 2.29. The van der Waals surface area contributed by atoms with Crippen LogP contribution in [0.3, 0.4) is 0 Å². The van der Waals surface area contributed by atoms with Crippen LogP contribution in [-0.4, -0.2) is 17.6 Å². The van der Waals surface area contributed by atoms with Crippen molar-refractivity contribution in [1.29, 1.82) is 0 Å². The van der Waals surface area contributed by atoms with Gasteiger partial charge in [-0.3, -0.25) is 4.79 Å². The maximum Gasteiger partial charge on any atom is 0.421 e. The summed E-state index contributed by atoms with van der Waals surface area (Å²) >= 11 is 12.2. The van der Waals surface area contributed by atoms with Gasteiger partial charge in [0.25, 0.3) is 0 Å². The van der Waals surface area contributed by atoms with E-state index in [9.17, 15) is 9.59 Å². The predicted octanol–water partition coefficient (Wildman–Crippen LogP) is 4.59. The van der Waals surface area contributed by atoms with Gasteiger partial charge in [0.05, 0.1) is 15.7 Å². The van der Waals surface area contributed by atoms with Crippen molar-refractivity contribution in [2.75, 3.05) is 4.90 Å². The second-order valence-corrected chi connectivity index (χ2v) is 6.23. The van der Waals surface area contributed by atoms with Gasteiger partial charge in [0.2, 0.25) is 5.91 Å². The number of hydrogen-bond acceptors (Lipinski definition) is 3. The molecule has 0 aromatic heterocycles. The summed E-state index contributed by atoms with van der Waals surface area (Å²) in [6.07, 6.45) is -0.808. The zero-order valence-corrected chi connectivity index (χ0v) is 13.6. The van der Waals surface area contributed by atoms with Crippen LogP contribution in [0.15, 0.2) is 12.1 Å². The third kappa shape index (κ3) is 4.12. The summed E-state index contributed by atoms with van der Waals surface area (Å²) in [7, 11) is 0. The van der Waals surface area contributed by atoms with E-state index < -0.39 is 17.6 Å². The number of carbonyl (C=O) groups is 2. The summed E-state index contributed by atoms with van der Waals surface area (Å²) in [6.45, 7) is 8.19. The molecule has 0 heterocycles. The molecule has 2 amide bonds. The molecule has 1 aromatic carbocycles. The van der Waals surface area contributed by atoms with E-state index in [1.54, 1.807) is 32.9 Å². The predicted molar refractivity (Wildman–Crippen MR) is 80.6 cm³/mol. The molecule has 1 aromatic rings. The number of nitrogens with zero attached hydrogens (tertiary/aromatic N) is 1. The van der Waals surface area contributed by atoms with Crippen molar-refractivity contribution in [1.82, 2.24) is 0 Å². The maximum absolute atomic E-state index is 12.2. The molecule has 0 atom stereocenters. The number of benzene rings is 1. The Morgan fingerprint density at radius 2 is 1.60 bits per heavy atom. The standard InChI is InChI=1S/C14H17Cl2NO3/c1-8-6-10(15)12(11(16)7-8)17(9(2)18)13(19)20-14(3,4)5/h6-7H,1-5H3. The Hall–Kier alpha value is -1.26. The first-order valence-corrected chi connectivity index (χ1v) is 6.78. The molecular formula is C14H17Cl2NO3. The molecule has 0 radical (unpaired) electrons. The van der Waals surface area contributed by atoms with Crippen LogP contribution in [0.1, 0.15) is 33.3 Å². The van der Waals surface area contributed by atoms with Crippen LogP contribution in [0.4, 0.5) is 10.5 Å². The van der Waals surface area contributed by atoms with Gasteiger partial charge in [-0.1, -0.05) is 23.2 Å². The Balaban J connectivity index is 3.29. The van der Waals surface area contributed by atoms with Gasteiger partial charge in [0, 0.05) is 6.92 Å². The molecular weight excluding hydrogens is 301 g/mol. The molecule has 0 aliphatic heterocycles. The van der Waals surface area contributed by atoms with Gasteiger partial charge in [0.15, 0.2) is 0 Å². The SMILES string of the molecule is CC(=O)N(C(=O)OC(C)(C)C)c1c(Cl)cc(C)cc1Cl. The number of rotatable bonds is 1. The Bertz CT molecular complexity index is 527. The summed E-state index contributed by atoms with van der Waals surface area (Å²) in [5.74, 6) is -0.521. The Morgan fingerprint density at radius 3 is 1.95 bits per heavy atom. The van der Waals surface area contributed by atoms with Crippen molar-refractivity contribution >= 4 is 40.9 Å². The summed E-state index contributed by atoms with van der Waals surface area (Å²) < 4.78 is 5.20. The summed E-state index contributed by atoms with van der Waals surface area (Å²) in [4.78, 5) is 24.8. The molecule has 0 bridgehead atoms. The summed E-state index contributed by atoms with van der Waals surface area (Å²) in [5, 5.41) is 0.437. The number of ether oxygens (including phenoxy) is 1. The number of amides is 2. The maximum atomic E-state index is 12.2. The van der Waals surface area contributed by atoms with E-state index in [4.69, 9.17) is 27.9 Å². The van der Waals surface area contributed by atoms with Gasteiger partial charge in [-0.15, -0.1) is 0 Å². The number of carbonyl (C=O) groups excluding carboxylic acids is 2. The third-order valence-electron chi connectivity index (χ3n) is 2.28. The first-order valence-electron chi connectivity index (χ1n) is 6.02. The van der Waals surface area contributed by atoms with Gasteiger partial charge in [0.1, 0.15) is 5.60 Å². The van der Waals surface area contributed by atoms with E-state index in [0.717, 1.165) is 10.5 Å². The normalized spacial score (nSPS) is 11.2. The van der Waals surface area contributed by atoms with Crippen molar-refractivity contribution < 1.29 is 14.3 Å². The number of hydrogen-bond donors (Lipinski definition) is 0. The Morgan fingerprint density at radius 1 is 1.15 bits per heavy atom. The Kier molecular flexibility index (Phi) is 5.05. The average Bonchev–Trinajstić information content (AvgIpc) is 2.19. The molecule has 1 rings (SSSR count). The Labute approximate surface area is 128 Å². The minimum Gasteiger partial charge on any atom is -0.443 e. The largest absolute Gasteiger partial charge is 0.443 e. The van der Waals surface area contributed by atoms with Crippen molar-refractivity contribution in [3.63, 3.8) is 0 Å². The fourth-order valence-electron chi connectivity index (χ4n) is 1.59. The molecule has 0 N–H and O–H groups in total. The van der Waals surface area contributed by atoms with Crippen molar-refractivity contribution in [3.8, 4) is 0 Å². The van der Waals surface area contributed by atoms with Gasteiger partial charge in [-0.05, 0) is 45.4 Å². The van der Waals surface area contributed by atoms with Crippen LogP contribution in [0, 0.1) is 6.92 Å². The van der Waals surface area contributed by atoms with Crippen LogP contribution < -0.4 is 4.90 Å². The minimum absolute atomic E-state index is 0.140. The highest BCUT2D eigenvalue weighted by atomic mass is 35.5. The number of anilines is 1. The first kappa shape index (κ1) is 16.8. The molecule has 4 nitrogen and oxygen atoms in total. The number of imide groups is 1. The fraction of sp³-hybridized carbons (Fsp3) is 0.429. The molecule has 0 fully saturated rings. The lowest BCUT2D eigenvalue weighted by Gasteiger charge is -2.26. The number of halogens is 2. The molecule has 0 aliphatic carbocycles. The molecule has 0 saturated heterocycles. The van der Waals surface area contributed by atoms with Crippen LogP contribution in [0.25, 0.3) is 0 Å². The van der Waals surface area contributed by atoms with E-state index >= 15 is 0 Å².